The average molecular weight is 400 g/mol. The first-order valence-electron chi connectivity index (χ1n) is 10.7. The standard InChI is InChI=1S/C26H29N3O/c1-20(22-8-3-2-4-9-22)18-29-14-13-28-26(30)25(19-29)16-21-7-5-10-23(15-21)24-11-6-12-27-17-24/h2-12,15,17,20,25H,13-14,16,18-19H2,1H3,(H,28,30)/t20-,25-/m0/s1. The highest BCUT2D eigenvalue weighted by Gasteiger charge is 2.26. The van der Waals surface area contributed by atoms with Gasteiger partial charge in [-0.25, -0.2) is 0 Å². The summed E-state index contributed by atoms with van der Waals surface area (Å²) in [5.41, 5.74) is 4.78. The molecule has 3 aromatic rings. The van der Waals surface area contributed by atoms with Gasteiger partial charge in [-0.2, -0.15) is 0 Å². The zero-order valence-corrected chi connectivity index (χ0v) is 17.5. The van der Waals surface area contributed by atoms with Gasteiger partial charge in [0.15, 0.2) is 0 Å². The second-order valence-corrected chi connectivity index (χ2v) is 8.21. The molecule has 4 heteroatoms. The van der Waals surface area contributed by atoms with E-state index in [1.807, 2.05) is 12.3 Å². The molecule has 1 aliphatic rings. The maximum atomic E-state index is 12.7. The molecule has 1 aromatic heterocycles. The Bertz CT molecular complexity index is 958. The molecule has 0 bridgehead atoms. The van der Waals surface area contributed by atoms with Gasteiger partial charge in [0.05, 0.1) is 5.92 Å². The van der Waals surface area contributed by atoms with Crippen LogP contribution in [0.2, 0.25) is 0 Å². The maximum Gasteiger partial charge on any atom is 0.224 e. The van der Waals surface area contributed by atoms with Crippen molar-refractivity contribution in [3.8, 4) is 11.1 Å². The minimum atomic E-state index is -0.0420. The monoisotopic (exact) mass is 399 g/mol. The van der Waals surface area contributed by atoms with E-state index in [0.29, 0.717) is 12.5 Å². The number of nitrogens with one attached hydrogen (secondary N) is 1. The summed E-state index contributed by atoms with van der Waals surface area (Å²) in [7, 11) is 0. The number of pyridine rings is 1. The highest BCUT2D eigenvalue weighted by Crippen LogP contribution is 2.23. The van der Waals surface area contributed by atoms with E-state index in [2.05, 4.69) is 82.8 Å². The van der Waals surface area contributed by atoms with Crippen LogP contribution in [0, 0.1) is 5.92 Å². The van der Waals surface area contributed by atoms with Crippen LogP contribution in [0.1, 0.15) is 24.0 Å². The summed E-state index contributed by atoms with van der Waals surface area (Å²) in [5, 5.41) is 3.11. The van der Waals surface area contributed by atoms with Crippen LogP contribution in [-0.4, -0.2) is 42.0 Å². The lowest BCUT2D eigenvalue weighted by Gasteiger charge is -2.26. The zero-order valence-electron chi connectivity index (χ0n) is 17.5. The molecule has 1 N–H and O–H groups in total. The Morgan fingerprint density at radius 2 is 1.90 bits per heavy atom. The Morgan fingerprint density at radius 1 is 1.07 bits per heavy atom. The molecule has 0 saturated carbocycles. The molecule has 0 unspecified atom stereocenters. The topological polar surface area (TPSA) is 45.2 Å². The summed E-state index contributed by atoms with van der Waals surface area (Å²) < 4.78 is 0. The number of hydrogen-bond acceptors (Lipinski definition) is 3. The van der Waals surface area contributed by atoms with Crippen molar-refractivity contribution in [1.82, 2.24) is 15.2 Å². The summed E-state index contributed by atoms with van der Waals surface area (Å²) in [4.78, 5) is 19.4. The van der Waals surface area contributed by atoms with Crippen molar-refractivity contribution < 1.29 is 4.79 Å². The lowest BCUT2D eigenvalue weighted by molar-refractivity contribution is -0.124. The molecule has 0 aliphatic carbocycles. The number of aromatic nitrogens is 1. The number of carbonyl (C=O) groups excluding carboxylic acids is 1. The minimum Gasteiger partial charge on any atom is -0.355 e. The molecule has 4 nitrogen and oxygen atoms in total. The highest BCUT2D eigenvalue weighted by molar-refractivity contribution is 5.79. The fourth-order valence-corrected chi connectivity index (χ4v) is 4.26. The van der Waals surface area contributed by atoms with E-state index in [4.69, 9.17) is 0 Å². The van der Waals surface area contributed by atoms with E-state index in [9.17, 15) is 4.79 Å². The lowest BCUT2D eigenvalue weighted by Crippen LogP contribution is -2.35. The van der Waals surface area contributed by atoms with E-state index in [1.165, 1.54) is 11.1 Å². The predicted octanol–water partition coefficient (Wildman–Crippen LogP) is 4.14. The first-order chi connectivity index (χ1) is 14.7. The van der Waals surface area contributed by atoms with Gasteiger partial charge in [0.1, 0.15) is 0 Å². The fourth-order valence-electron chi connectivity index (χ4n) is 4.26. The number of carbonyl (C=O) groups is 1. The molecular weight excluding hydrogens is 370 g/mol. The molecule has 1 aliphatic heterocycles. The van der Waals surface area contributed by atoms with Gasteiger partial charge in [0.25, 0.3) is 0 Å². The zero-order chi connectivity index (χ0) is 20.8. The molecule has 0 radical (unpaired) electrons. The quantitative estimate of drug-likeness (QED) is 0.677. The maximum absolute atomic E-state index is 12.7. The smallest absolute Gasteiger partial charge is 0.224 e. The molecule has 2 atom stereocenters. The van der Waals surface area contributed by atoms with Crippen LogP contribution in [-0.2, 0) is 11.2 Å². The fraction of sp³-hybridized carbons (Fsp3) is 0.308. The number of rotatable bonds is 6. The summed E-state index contributed by atoms with van der Waals surface area (Å²) in [6, 6.07) is 23.1. The van der Waals surface area contributed by atoms with Crippen molar-refractivity contribution in [2.45, 2.75) is 19.3 Å². The minimum absolute atomic E-state index is 0.0420. The predicted molar refractivity (Wildman–Crippen MR) is 121 cm³/mol. The van der Waals surface area contributed by atoms with Crippen LogP contribution >= 0.6 is 0 Å². The molecular formula is C26H29N3O. The Kier molecular flexibility index (Phi) is 6.55. The van der Waals surface area contributed by atoms with Crippen molar-refractivity contribution in [2.75, 3.05) is 26.2 Å². The van der Waals surface area contributed by atoms with Crippen molar-refractivity contribution in [2.24, 2.45) is 5.92 Å². The van der Waals surface area contributed by atoms with Crippen molar-refractivity contribution in [1.29, 1.82) is 0 Å². The van der Waals surface area contributed by atoms with Crippen LogP contribution < -0.4 is 5.32 Å². The van der Waals surface area contributed by atoms with Crippen LogP contribution in [0.5, 0.6) is 0 Å². The number of nitrogens with zero attached hydrogens (tertiary/aromatic N) is 2. The van der Waals surface area contributed by atoms with E-state index >= 15 is 0 Å². The van der Waals surface area contributed by atoms with Crippen LogP contribution in [0.15, 0.2) is 79.1 Å². The third-order valence-electron chi connectivity index (χ3n) is 5.88. The molecule has 4 rings (SSSR count). The van der Waals surface area contributed by atoms with Crippen molar-refractivity contribution in [3.63, 3.8) is 0 Å². The van der Waals surface area contributed by atoms with Gasteiger partial charge in [-0.3, -0.25) is 9.78 Å². The Hall–Kier alpha value is -2.98. The summed E-state index contributed by atoms with van der Waals surface area (Å²) in [6.07, 6.45) is 4.41. The molecule has 30 heavy (non-hydrogen) atoms. The Morgan fingerprint density at radius 3 is 2.70 bits per heavy atom. The molecule has 1 saturated heterocycles. The lowest BCUT2D eigenvalue weighted by atomic mass is 9.95. The summed E-state index contributed by atoms with van der Waals surface area (Å²) in [5.74, 6) is 0.560. The van der Waals surface area contributed by atoms with Crippen LogP contribution in [0.25, 0.3) is 11.1 Å². The third kappa shape index (κ3) is 5.14. The number of amides is 1. The first-order valence-corrected chi connectivity index (χ1v) is 10.7. The average Bonchev–Trinajstić information content (AvgIpc) is 2.96. The Labute approximate surface area is 179 Å². The molecule has 0 spiro atoms. The molecule has 1 amide bonds. The van der Waals surface area contributed by atoms with Crippen LogP contribution in [0.4, 0.5) is 0 Å². The van der Waals surface area contributed by atoms with Gasteiger partial charge >= 0.3 is 0 Å². The normalized spacial score (nSPS) is 18.4. The van der Waals surface area contributed by atoms with Gasteiger partial charge < -0.3 is 10.2 Å². The van der Waals surface area contributed by atoms with Gasteiger partial charge in [-0.15, -0.1) is 0 Å². The van der Waals surface area contributed by atoms with E-state index in [1.54, 1.807) is 6.20 Å². The Balaban J connectivity index is 1.45. The molecule has 154 valence electrons. The molecule has 2 aromatic carbocycles. The van der Waals surface area contributed by atoms with Crippen molar-refractivity contribution >= 4 is 5.91 Å². The second-order valence-electron chi connectivity index (χ2n) is 8.21. The van der Waals surface area contributed by atoms with Crippen LogP contribution in [0.3, 0.4) is 0 Å². The second kappa shape index (κ2) is 9.68. The third-order valence-corrected chi connectivity index (χ3v) is 5.88. The van der Waals surface area contributed by atoms with E-state index in [-0.39, 0.29) is 11.8 Å². The van der Waals surface area contributed by atoms with E-state index < -0.39 is 0 Å². The molecule has 1 fully saturated rings. The SMILES string of the molecule is C[C@@H](CN1CCNC(=O)[C@@H](Cc2cccc(-c3cccnc3)c2)C1)c1ccccc1. The van der Waals surface area contributed by atoms with Gasteiger partial charge in [0.2, 0.25) is 5.91 Å². The van der Waals surface area contributed by atoms with E-state index in [0.717, 1.165) is 37.2 Å². The summed E-state index contributed by atoms with van der Waals surface area (Å²) >= 11 is 0. The summed E-state index contributed by atoms with van der Waals surface area (Å²) in [6.45, 7) is 5.63. The van der Waals surface area contributed by atoms with Gasteiger partial charge in [0, 0.05) is 38.6 Å². The number of hydrogen-bond donors (Lipinski definition) is 1. The largest absolute Gasteiger partial charge is 0.355 e. The highest BCUT2D eigenvalue weighted by atomic mass is 16.1. The van der Waals surface area contributed by atoms with Gasteiger partial charge in [-0.05, 0) is 40.7 Å². The number of benzene rings is 2. The van der Waals surface area contributed by atoms with Crippen molar-refractivity contribution in [3.05, 3.63) is 90.3 Å². The van der Waals surface area contributed by atoms with Gasteiger partial charge in [-0.1, -0.05) is 67.6 Å². The first kappa shape index (κ1) is 20.3. The molecule has 2 heterocycles.